The molecule has 82 valence electrons. The fraction of sp³-hybridized carbons (Fsp3) is 0.667. The Morgan fingerprint density at radius 3 is 2.29 bits per heavy atom. The molecule has 0 rings (SSSR count). The van der Waals surface area contributed by atoms with E-state index in [0.717, 1.165) is 12.0 Å². The van der Waals surface area contributed by atoms with Crippen molar-refractivity contribution in [3.63, 3.8) is 0 Å². The Morgan fingerprint density at radius 1 is 1.57 bits per heavy atom. The molecule has 0 heterocycles. The summed E-state index contributed by atoms with van der Waals surface area (Å²) in [6.45, 7) is 10.8. The molecule has 2 heteroatoms. The Hall–Kier alpha value is -0.630. The van der Waals surface area contributed by atoms with Crippen LogP contribution in [0.1, 0.15) is 34.1 Å². The Balaban J connectivity index is 4.91. The summed E-state index contributed by atoms with van der Waals surface area (Å²) in [6, 6.07) is 0.219. The summed E-state index contributed by atoms with van der Waals surface area (Å²) in [5.41, 5.74) is 0.181. The molecule has 0 aromatic rings. The van der Waals surface area contributed by atoms with Crippen LogP contribution in [0, 0.1) is 0 Å². The van der Waals surface area contributed by atoms with Crippen LogP contribution >= 0.6 is 0 Å². The third kappa shape index (κ3) is 4.05. The maximum Gasteiger partial charge on any atom is 0.130 e. The van der Waals surface area contributed by atoms with Gasteiger partial charge in [0.1, 0.15) is 5.67 Å². The van der Waals surface area contributed by atoms with Gasteiger partial charge in [-0.3, -0.25) is 0 Å². The molecule has 0 aromatic carbocycles. The van der Waals surface area contributed by atoms with Crippen molar-refractivity contribution in [2.45, 2.75) is 45.8 Å². The van der Waals surface area contributed by atoms with Crippen molar-refractivity contribution < 1.29 is 4.39 Å². The monoisotopic (exact) mass is 199 g/mol. The number of nitrogens with one attached hydrogen (secondary N) is 1. The topological polar surface area (TPSA) is 12.0 Å². The zero-order valence-corrected chi connectivity index (χ0v) is 9.95. The van der Waals surface area contributed by atoms with Gasteiger partial charge in [0, 0.05) is 6.04 Å². The fourth-order valence-electron chi connectivity index (χ4n) is 1.45. The van der Waals surface area contributed by atoms with Crippen molar-refractivity contribution in [1.82, 2.24) is 5.32 Å². The van der Waals surface area contributed by atoms with Crippen molar-refractivity contribution in [2.24, 2.45) is 0 Å². The van der Waals surface area contributed by atoms with Gasteiger partial charge in [-0.1, -0.05) is 25.2 Å². The average molecular weight is 199 g/mol. The van der Waals surface area contributed by atoms with Gasteiger partial charge in [-0.25, -0.2) is 4.39 Å². The molecule has 1 nitrogen and oxygen atoms in total. The third-order valence-corrected chi connectivity index (χ3v) is 2.28. The van der Waals surface area contributed by atoms with Gasteiger partial charge >= 0.3 is 0 Å². The van der Waals surface area contributed by atoms with Gasteiger partial charge in [0.2, 0.25) is 0 Å². The normalized spacial score (nSPS) is 15.4. The van der Waals surface area contributed by atoms with Crippen LogP contribution in [0.25, 0.3) is 0 Å². The number of likely N-dealkylation sites (N-methyl/N-ethyl adjacent to an activating group) is 1. The molecule has 0 fully saturated rings. The Kier molecular flexibility index (Phi) is 5.06. The number of allylic oxidation sites excluding steroid dienone is 2. The zero-order chi connectivity index (χ0) is 11.4. The highest BCUT2D eigenvalue weighted by molar-refractivity contribution is 5.34. The van der Waals surface area contributed by atoms with Crippen molar-refractivity contribution >= 4 is 0 Å². The predicted octanol–water partition coefficient (Wildman–Crippen LogP) is 3.24. The third-order valence-electron chi connectivity index (χ3n) is 2.28. The van der Waals surface area contributed by atoms with E-state index in [1.165, 1.54) is 0 Å². The number of hydrogen-bond donors (Lipinski definition) is 1. The Bertz CT molecular complexity index is 219. The molecule has 0 saturated carbocycles. The lowest BCUT2D eigenvalue weighted by molar-refractivity contribution is 0.270. The molecule has 0 aromatic heterocycles. The number of rotatable bonds is 5. The van der Waals surface area contributed by atoms with Gasteiger partial charge < -0.3 is 5.32 Å². The Labute approximate surface area is 87.1 Å². The highest BCUT2D eigenvalue weighted by atomic mass is 19.1. The summed E-state index contributed by atoms with van der Waals surface area (Å²) < 4.78 is 13.8. The van der Waals surface area contributed by atoms with Crippen LogP contribution in [-0.2, 0) is 0 Å². The summed E-state index contributed by atoms with van der Waals surface area (Å²) in [6.07, 6.45) is 2.88. The molecule has 0 saturated heterocycles. The minimum Gasteiger partial charge on any atom is -0.314 e. The van der Waals surface area contributed by atoms with Crippen molar-refractivity contribution in [3.8, 4) is 0 Å². The first-order chi connectivity index (χ1) is 6.32. The predicted molar refractivity (Wildman–Crippen MR) is 61.2 cm³/mol. The molecule has 0 bridgehead atoms. The van der Waals surface area contributed by atoms with Gasteiger partial charge in [0.05, 0.1) is 0 Å². The first-order valence-electron chi connectivity index (χ1n) is 5.07. The molecule has 0 aliphatic heterocycles. The fourth-order valence-corrected chi connectivity index (χ4v) is 1.45. The minimum atomic E-state index is -1.31. The number of halogens is 1. The van der Waals surface area contributed by atoms with E-state index in [0.29, 0.717) is 5.57 Å². The van der Waals surface area contributed by atoms with Crippen LogP contribution in [-0.4, -0.2) is 18.8 Å². The van der Waals surface area contributed by atoms with Gasteiger partial charge in [-0.2, -0.15) is 0 Å². The summed E-state index contributed by atoms with van der Waals surface area (Å²) in [4.78, 5) is 0. The lowest BCUT2D eigenvalue weighted by atomic mass is 9.92. The van der Waals surface area contributed by atoms with Crippen molar-refractivity contribution in [3.05, 3.63) is 23.8 Å². The molecule has 1 unspecified atom stereocenters. The minimum absolute atomic E-state index is 0.219. The van der Waals surface area contributed by atoms with Crippen LogP contribution in [0.3, 0.4) is 0 Å². The van der Waals surface area contributed by atoms with E-state index < -0.39 is 5.67 Å². The van der Waals surface area contributed by atoms with Gasteiger partial charge in [-0.15, -0.1) is 0 Å². The van der Waals surface area contributed by atoms with Crippen LogP contribution in [0.2, 0.25) is 0 Å². The number of hydrogen-bond acceptors (Lipinski definition) is 1. The van der Waals surface area contributed by atoms with E-state index in [4.69, 9.17) is 0 Å². The number of alkyl halides is 1. The first kappa shape index (κ1) is 13.4. The van der Waals surface area contributed by atoms with Gasteiger partial charge in [0.15, 0.2) is 0 Å². The van der Waals surface area contributed by atoms with E-state index in [1.54, 1.807) is 13.8 Å². The molecule has 14 heavy (non-hydrogen) atoms. The molecule has 1 N–H and O–H groups in total. The second-order valence-corrected chi connectivity index (χ2v) is 4.14. The van der Waals surface area contributed by atoms with Crippen LogP contribution in [0.5, 0.6) is 0 Å². The molecular weight excluding hydrogens is 177 g/mol. The van der Waals surface area contributed by atoms with E-state index in [2.05, 4.69) is 18.8 Å². The summed E-state index contributed by atoms with van der Waals surface area (Å²) >= 11 is 0. The lowest BCUT2D eigenvalue weighted by Gasteiger charge is -2.21. The lowest BCUT2D eigenvalue weighted by Crippen LogP contribution is -2.25. The maximum atomic E-state index is 13.8. The largest absolute Gasteiger partial charge is 0.314 e. The van der Waals surface area contributed by atoms with Gasteiger partial charge in [0.25, 0.3) is 0 Å². The van der Waals surface area contributed by atoms with Crippen molar-refractivity contribution in [1.29, 1.82) is 0 Å². The van der Waals surface area contributed by atoms with E-state index in [9.17, 15) is 4.39 Å². The second-order valence-electron chi connectivity index (χ2n) is 4.14. The molecule has 0 spiro atoms. The molecule has 0 amide bonds. The molecule has 1 atom stereocenters. The van der Waals surface area contributed by atoms with E-state index in [1.807, 2.05) is 20.0 Å². The van der Waals surface area contributed by atoms with Crippen LogP contribution in [0.15, 0.2) is 23.8 Å². The van der Waals surface area contributed by atoms with Gasteiger partial charge in [-0.05, 0) is 39.8 Å². The van der Waals surface area contributed by atoms with Crippen LogP contribution < -0.4 is 5.32 Å². The first-order valence-corrected chi connectivity index (χ1v) is 5.07. The summed E-state index contributed by atoms with van der Waals surface area (Å²) in [5.74, 6) is 0. The van der Waals surface area contributed by atoms with Crippen molar-refractivity contribution in [2.75, 3.05) is 7.05 Å². The summed E-state index contributed by atoms with van der Waals surface area (Å²) in [7, 11) is 1.88. The highest BCUT2D eigenvalue weighted by Crippen LogP contribution is 2.26. The highest BCUT2D eigenvalue weighted by Gasteiger charge is 2.23. The van der Waals surface area contributed by atoms with E-state index >= 15 is 0 Å². The molecule has 0 radical (unpaired) electrons. The van der Waals surface area contributed by atoms with Crippen LogP contribution in [0.4, 0.5) is 4.39 Å². The zero-order valence-electron chi connectivity index (χ0n) is 9.95. The standard InChI is InChI=1S/C12H22FN/c1-7-10(14-6)8-11(9(2)3)12(4,5)13/h8,10,14H,2,7H2,1,3-6H3/b11-8+. The Morgan fingerprint density at radius 2 is 2.07 bits per heavy atom. The van der Waals surface area contributed by atoms with E-state index in [-0.39, 0.29) is 6.04 Å². The average Bonchev–Trinajstić information content (AvgIpc) is 2.03. The molecular formula is C12H22FN. The SMILES string of the molecule is C=C(C)/C(=C\C(CC)NC)C(C)(C)F. The summed E-state index contributed by atoms with van der Waals surface area (Å²) in [5, 5.41) is 3.12. The smallest absolute Gasteiger partial charge is 0.130 e. The maximum absolute atomic E-state index is 13.8. The molecule has 0 aliphatic rings. The second kappa shape index (κ2) is 5.30. The molecule has 0 aliphatic carbocycles. The quantitative estimate of drug-likeness (QED) is 0.670.